The van der Waals surface area contributed by atoms with E-state index in [1.807, 2.05) is 19.1 Å². The Kier molecular flexibility index (Phi) is 7.43. The average Bonchev–Trinajstić information content (AvgIpc) is 2.44. The summed E-state index contributed by atoms with van der Waals surface area (Å²) in [7, 11) is 1.79. The Morgan fingerprint density at radius 1 is 1.25 bits per heavy atom. The minimum atomic E-state index is -0.922. The molecule has 0 aliphatic heterocycles. The maximum atomic E-state index is 10.6. The van der Waals surface area contributed by atoms with E-state index in [1.165, 1.54) is 17.2 Å². The van der Waals surface area contributed by atoms with Gasteiger partial charge in [0.15, 0.2) is 0 Å². The summed E-state index contributed by atoms with van der Waals surface area (Å²) in [4.78, 5) is 10.6. The van der Waals surface area contributed by atoms with E-state index in [0.717, 1.165) is 18.4 Å². The first-order valence-corrected chi connectivity index (χ1v) is 8.33. The largest absolute Gasteiger partial charge is 0.478 e. The molecule has 3 nitrogen and oxygen atoms in total. The van der Waals surface area contributed by atoms with Gasteiger partial charge in [0.05, 0.1) is 6.10 Å². The highest BCUT2D eigenvalue weighted by atomic mass is 16.5. The summed E-state index contributed by atoms with van der Waals surface area (Å²) in [6.45, 7) is 10.5. The Balaban J connectivity index is 2.85. The molecular formula is C21H30O3. The monoisotopic (exact) mass is 330 g/mol. The van der Waals surface area contributed by atoms with Crippen LogP contribution in [-0.2, 0) is 9.53 Å². The van der Waals surface area contributed by atoms with Crippen molar-refractivity contribution in [3.05, 3.63) is 58.7 Å². The molecular weight excluding hydrogens is 300 g/mol. The van der Waals surface area contributed by atoms with Crippen molar-refractivity contribution in [2.45, 2.75) is 53.6 Å². The molecule has 132 valence electrons. The molecule has 0 fully saturated rings. The van der Waals surface area contributed by atoms with Crippen LogP contribution < -0.4 is 0 Å². The number of rotatable bonds is 6. The van der Waals surface area contributed by atoms with Crippen molar-refractivity contribution in [3.8, 4) is 0 Å². The molecule has 1 aliphatic carbocycles. The standard InChI is InChI=1S/C21H30O3/c1-15(8-7-9-16(2)12-20(22)23)10-11-19-17(3)13-18(24-6)14-21(19,4)5/h7-12,18H,13-14H2,1-6H3,(H,22,23)/b9-7+,11-10+,15-8+,16-12-. The summed E-state index contributed by atoms with van der Waals surface area (Å²) in [5.74, 6) is -0.922. The Bertz CT molecular complexity index is 613. The Morgan fingerprint density at radius 2 is 1.92 bits per heavy atom. The Morgan fingerprint density at radius 3 is 2.46 bits per heavy atom. The van der Waals surface area contributed by atoms with Gasteiger partial charge in [-0.3, -0.25) is 0 Å². The number of allylic oxidation sites excluding steroid dienone is 8. The number of hydrogen-bond donors (Lipinski definition) is 1. The molecule has 0 spiro atoms. The molecule has 0 aromatic carbocycles. The van der Waals surface area contributed by atoms with E-state index in [4.69, 9.17) is 9.84 Å². The van der Waals surface area contributed by atoms with Crippen molar-refractivity contribution < 1.29 is 14.6 Å². The SMILES string of the molecule is COC1CC(C)=C(/C=C/C(C)=C/C=C/C(C)=C\C(=O)O)C(C)(C)C1. The van der Waals surface area contributed by atoms with E-state index in [0.29, 0.717) is 11.7 Å². The molecule has 1 atom stereocenters. The lowest BCUT2D eigenvalue weighted by atomic mass is 9.71. The Hall–Kier alpha value is -1.87. The first kappa shape index (κ1) is 20.2. The van der Waals surface area contributed by atoms with E-state index >= 15 is 0 Å². The molecule has 0 aromatic rings. The highest BCUT2D eigenvalue weighted by molar-refractivity contribution is 5.81. The van der Waals surface area contributed by atoms with Crippen molar-refractivity contribution in [2.75, 3.05) is 7.11 Å². The summed E-state index contributed by atoms with van der Waals surface area (Å²) in [6, 6.07) is 0. The molecule has 1 N–H and O–H groups in total. The molecule has 0 heterocycles. The van der Waals surface area contributed by atoms with Gasteiger partial charge in [-0.15, -0.1) is 0 Å². The summed E-state index contributed by atoms with van der Waals surface area (Å²) in [6.07, 6.45) is 13.5. The normalized spacial score (nSPS) is 22.7. The van der Waals surface area contributed by atoms with Crippen LogP contribution in [0.2, 0.25) is 0 Å². The van der Waals surface area contributed by atoms with Crippen LogP contribution >= 0.6 is 0 Å². The maximum Gasteiger partial charge on any atom is 0.328 e. The number of methoxy groups -OCH3 is 1. The quantitative estimate of drug-likeness (QED) is 0.536. The molecule has 1 unspecified atom stereocenters. The van der Waals surface area contributed by atoms with Gasteiger partial charge in [0, 0.05) is 13.2 Å². The van der Waals surface area contributed by atoms with Gasteiger partial charge in [-0.25, -0.2) is 4.79 Å². The molecule has 0 radical (unpaired) electrons. The summed E-state index contributed by atoms with van der Waals surface area (Å²) < 4.78 is 5.55. The molecule has 0 aromatic heterocycles. The van der Waals surface area contributed by atoms with Crippen LogP contribution in [0.15, 0.2) is 58.7 Å². The lowest BCUT2D eigenvalue weighted by Crippen LogP contribution is -2.29. The zero-order valence-corrected chi connectivity index (χ0v) is 15.7. The highest BCUT2D eigenvalue weighted by Crippen LogP contribution is 2.41. The Labute approximate surface area is 146 Å². The minimum absolute atomic E-state index is 0.108. The van der Waals surface area contributed by atoms with Crippen LogP contribution in [0.25, 0.3) is 0 Å². The number of hydrogen-bond acceptors (Lipinski definition) is 2. The van der Waals surface area contributed by atoms with E-state index < -0.39 is 5.97 Å². The third-order valence-corrected chi connectivity index (χ3v) is 4.38. The third-order valence-electron chi connectivity index (χ3n) is 4.38. The molecule has 0 saturated carbocycles. The van der Waals surface area contributed by atoms with Gasteiger partial charge in [-0.1, -0.05) is 55.4 Å². The predicted molar refractivity (Wildman–Crippen MR) is 99.9 cm³/mol. The van der Waals surface area contributed by atoms with E-state index in [2.05, 4.69) is 32.9 Å². The second kappa shape index (κ2) is 8.84. The van der Waals surface area contributed by atoms with Crippen LogP contribution in [0.1, 0.15) is 47.5 Å². The second-order valence-electron chi connectivity index (χ2n) is 7.17. The number of carboxylic acid groups (broad SMARTS) is 1. The maximum absolute atomic E-state index is 10.6. The molecule has 3 heteroatoms. The van der Waals surface area contributed by atoms with Crippen molar-refractivity contribution >= 4 is 5.97 Å². The fourth-order valence-electron chi connectivity index (χ4n) is 3.18. The van der Waals surface area contributed by atoms with E-state index in [-0.39, 0.29) is 5.41 Å². The van der Waals surface area contributed by atoms with Gasteiger partial charge in [-0.05, 0) is 50.2 Å². The fourth-order valence-corrected chi connectivity index (χ4v) is 3.18. The van der Waals surface area contributed by atoms with Gasteiger partial charge in [-0.2, -0.15) is 0 Å². The van der Waals surface area contributed by atoms with Crippen LogP contribution in [0.3, 0.4) is 0 Å². The van der Waals surface area contributed by atoms with Crippen molar-refractivity contribution in [3.63, 3.8) is 0 Å². The van der Waals surface area contributed by atoms with Crippen molar-refractivity contribution in [2.24, 2.45) is 5.41 Å². The van der Waals surface area contributed by atoms with Gasteiger partial charge >= 0.3 is 5.97 Å². The van der Waals surface area contributed by atoms with E-state index in [1.54, 1.807) is 20.1 Å². The first-order chi connectivity index (χ1) is 11.2. The molecule has 0 bridgehead atoms. The molecule has 1 aliphatic rings. The second-order valence-corrected chi connectivity index (χ2v) is 7.17. The predicted octanol–water partition coefficient (Wildman–Crippen LogP) is 5.23. The van der Waals surface area contributed by atoms with Crippen molar-refractivity contribution in [1.29, 1.82) is 0 Å². The van der Waals surface area contributed by atoms with Gasteiger partial charge < -0.3 is 9.84 Å². The van der Waals surface area contributed by atoms with E-state index in [9.17, 15) is 4.79 Å². The molecule has 0 saturated heterocycles. The number of aliphatic carboxylic acids is 1. The van der Waals surface area contributed by atoms with Crippen LogP contribution in [0.4, 0.5) is 0 Å². The highest BCUT2D eigenvalue weighted by Gasteiger charge is 2.32. The van der Waals surface area contributed by atoms with Crippen molar-refractivity contribution in [1.82, 2.24) is 0 Å². The third kappa shape index (κ3) is 6.32. The van der Waals surface area contributed by atoms with Gasteiger partial charge in [0.25, 0.3) is 0 Å². The number of ether oxygens (including phenoxy) is 1. The number of carbonyl (C=O) groups is 1. The lowest BCUT2D eigenvalue weighted by Gasteiger charge is -2.37. The average molecular weight is 330 g/mol. The topological polar surface area (TPSA) is 46.5 Å². The van der Waals surface area contributed by atoms with Crippen LogP contribution in [0.5, 0.6) is 0 Å². The van der Waals surface area contributed by atoms with Gasteiger partial charge in [0.2, 0.25) is 0 Å². The zero-order chi connectivity index (χ0) is 18.3. The fraction of sp³-hybridized carbons (Fsp3) is 0.476. The molecule has 24 heavy (non-hydrogen) atoms. The summed E-state index contributed by atoms with van der Waals surface area (Å²) in [5, 5.41) is 8.68. The zero-order valence-electron chi connectivity index (χ0n) is 15.7. The van der Waals surface area contributed by atoms with Crippen LogP contribution in [0, 0.1) is 5.41 Å². The van der Waals surface area contributed by atoms with Gasteiger partial charge in [0.1, 0.15) is 0 Å². The summed E-state index contributed by atoms with van der Waals surface area (Å²) in [5.41, 5.74) is 4.72. The smallest absolute Gasteiger partial charge is 0.328 e. The molecule has 1 rings (SSSR count). The first-order valence-electron chi connectivity index (χ1n) is 8.33. The molecule has 0 amide bonds. The van der Waals surface area contributed by atoms with Crippen LogP contribution in [-0.4, -0.2) is 24.3 Å². The number of carboxylic acids is 1. The lowest BCUT2D eigenvalue weighted by molar-refractivity contribution is -0.131. The minimum Gasteiger partial charge on any atom is -0.478 e. The summed E-state index contributed by atoms with van der Waals surface area (Å²) >= 11 is 0.